The van der Waals surface area contributed by atoms with Gasteiger partial charge in [-0.25, -0.2) is 8.42 Å². The van der Waals surface area contributed by atoms with E-state index in [1.165, 1.54) is 7.11 Å². The lowest BCUT2D eigenvalue weighted by molar-refractivity contribution is -0.146. The monoisotopic (exact) mass is 341 g/mol. The lowest BCUT2D eigenvalue weighted by Gasteiger charge is -2.33. The van der Waals surface area contributed by atoms with Gasteiger partial charge in [0.05, 0.1) is 24.9 Å². The molecule has 2 saturated heterocycles. The molecule has 0 aliphatic carbocycles. The Morgan fingerprint density at radius 3 is 2.70 bits per heavy atom. The Morgan fingerprint density at radius 1 is 1.43 bits per heavy atom. The molecule has 0 radical (unpaired) electrons. The van der Waals surface area contributed by atoms with Crippen LogP contribution < -0.4 is 0 Å². The van der Waals surface area contributed by atoms with Gasteiger partial charge in [0.25, 0.3) is 0 Å². The molecule has 3 rings (SSSR count). The molecule has 0 aromatic carbocycles. The van der Waals surface area contributed by atoms with Crippen LogP contribution in [0.1, 0.15) is 30.6 Å². The first-order valence-corrected chi connectivity index (χ1v) is 9.72. The van der Waals surface area contributed by atoms with Gasteiger partial charge < -0.3 is 9.15 Å². The molecule has 7 heteroatoms. The van der Waals surface area contributed by atoms with E-state index in [0.717, 1.165) is 17.9 Å². The Bertz CT molecular complexity index is 679. The number of sulfone groups is 1. The quantitative estimate of drug-likeness (QED) is 0.776. The first-order valence-electron chi connectivity index (χ1n) is 7.89. The van der Waals surface area contributed by atoms with Gasteiger partial charge in [-0.3, -0.25) is 9.69 Å². The topological polar surface area (TPSA) is 76.8 Å². The van der Waals surface area contributed by atoms with Crippen LogP contribution in [0.25, 0.3) is 0 Å². The van der Waals surface area contributed by atoms with Crippen LogP contribution in [-0.4, -0.2) is 50.5 Å². The highest BCUT2D eigenvalue weighted by molar-refractivity contribution is 7.91. The number of carbonyl (C=O) groups excluding carboxylic acids is 1. The highest BCUT2D eigenvalue weighted by Gasteiger charge is 2.49. The second-order valence-electron chi connectivity index (χ2n) is 6.80. The van der Waals surface area contributed by atoms with Crippen molar-refractivity contribution in [2.24, 2.45) is 5.41 Å². The molecule has 128 valence electrons. The molecule has 2 aliphatic rings. The van der Waals surface area contributed by atoms with Crippen molar-refractivity contribution in [2.45, 2.75) is 38.8 Å². The standard InChI is InChI=1S/C16H23NO5S/c1-12-13(3-6-22-12)10-17-11-16(9-14(17)15(18)21-2)4-7-23(19,20)8-5-16/h3,6,14H,4-5,7-11H2,1-2H3. The summed E-state index contributed by atoms with van der Waals surface area (Å²) >= 11 is 0. The number of furan rings is 1. The van der Waals surface area contributed by atoms with Gasteiger partial charge in [0.15, 0.2) is 0 Å². The molecule has 0 saturated carbocycles. The van der Waals surface area contributed by atoms with Crippen molar-refractivity contribution in [3.63, 3.8) is 0 Å². The van der Waals surface area contributed by atoms with E-state index >= 15 is 0 Å². The molecular weight excluding hydrogens is 318 g/mol. The molecule has 23 heavy (non-hydrogen) atoms. The van der Waals surface area contributed by atoms with Crippen molar-refractivity contribution in [2.75, 3.05) is 25.2 Å². The van der Waals surface area contributed by atoms with Crippen LogP contribution in [0, 0.1) is 12.3 Å². The molecule has 3 heterocycles. The van der Waals surface area contributed by atoms with Gasteiger partial charge in [-0.15, -0.1) is 0 Å². The van der Waals surface area contributed by atoms with Gasteiger partial charge in [-0.1, -0.05) is 0 Å². The maximum Gasteiger partial charge on any atom is 0.323 e. The summed E-state index contributed by atoms with van der Waals surface area (Å²) in [7, 11) is -1.51. The van der Waals surface area contributed by atoms with Crippen molar-refractivity contribution in [1.29, 1.82) is 0 Å². The van der Waals surface area contributed by atoms with E-state index in [2.05, 4.69) is 4.90 Å². The van der Waals surface area contributed by atoms with E-state index in [4.69, 9.17) is 9.15 Å². The molecule has 1 aromatic heterocycles. The highest BCUT2D eigenvalue weighted by Crippen LogP contribution is 2.44. The second-order valence-corrected chi connectivity index (χ2v) is 9.11. The van der Waals surface area contributed by atoms with Crippen molar-refractivity contribution < 1.29 is 22.4 Å². The molecular formula is C16H23NO5S. The predicted molar refractivity (Wildman–Crippen MR) is 84.6 cm³/mol. The number of hydrogen-bond acceptors (Lipinski definition) is 6. The van der Waals surface area contributed by atoms with E-state index in [1.54, 1.807) is 6.26 Å². The Morgan fingerprint density at radius 2 is 2.13 bits per heavy atom. The summed E-state index contributed by atoms with van der Waals surface area (Å²) in [6.07, 6.45) is 3.58. The van der Waals surface area contributed by atoms with Gasteiger partial charge in [-0.05, 0) is 37.7 Å². The van der Waals surface area contributed by atoms with Crippen molar-refractivity contribution in [3.8, 4) is 0 Å². The number of hydrogen-bond donors (Lipinski definition) is 0. The highest BCUT2D eigenvalue weighted by atomic mass is 32.2. The zero-order valence-corrected chi connectivity index (χ0v) is 14.4. The minimum atomic E-state index is -2.91. The molecule has 2 aliphatic heterocycles. The summed E-state index contributed by atoms with van der Waals surface area (Å²) in [6.45, 7) is 3.25. The summed E-state index contributed by atoms with van der Waals surface area (Å²) in [5.41, 5.74) is 0.960. The summed E-state index contributed by atoms with van der Waals surface area (Å²) in [6, 6.07) is 1.61. The third kappa shape index (κ3) is 3.30. The van der Waals surface area contributed by atoms with Crippen LogP contribution >= 0.6 is 0 Å². The van der Waals surface area contributed by atoms with E-state index < -0.39 is 9.84 Å². The van der Waals surface area contributed by atoms with Crippen LogP contribution in [0.2, 0.25) is 0 Å². The zero-order chi connectivity index (χ0) is 16.7. The predicted octanol–water partition coefficient (Wildman–Crippen LogP) is 1.53. The third-order valence-electron chi connectivity index (χ3n) is 5.31. The summed E-state index contributed by atoms with van der Waals surface area (Å²) in [5.74, 6) is 1.05. The van der Waals surface area contributed by atoms with Crippen LogP contribution in [0.3, 0.4) is 0 Å². The first kappa shape index (κ1) is 16.5. The van der Waals surface area contributed by atoms with Crippen LogP contribution in [-0.2, 0) is 25.9 Å². The number of methoxy groups -OCH3 is 1. The molecule has 6 nitrogen and oxygen atoms in total. The van der Waals surface area contributed by atoms with Gasteiger partial charge >= 0.3 is 5.97 Å². The largest absolute Gasteiger partial charge is 0.469 e. The molecule has 1 aromatic rings. The first-order chi connectivity index (χ1) is 10.8. The second kappa shape index (κ2) is 5.94. The molecule has 2 fully saturated rings. The molecule has 1 spiro atoms. The fraction of sp³-hybridized carbons (Fsp3) is 0.688. The maximum absolute atomic E-state index is 12.2. The average molecular weight is 341 g/mol. The zero-order valence-electron chi connectivity index (χ0n) is 13.6. The Labute approximate surface area is 136 Å². The molecule has 0 amide bonds. The number of nitrogens with zero attached hydrogens (tertiary/aromatic N) is 1. The average Bonchev–Trinajstić information content (AvgIpc) is 3.08. The van der Waals surface area contributed by atoms with Crippen molar-refractivity contribution in [3.05, 3.63) is 23.7 Å². The van der Waals surface area contributed by atoms with E-state index in [9.17, 15) is 13.2 Å². The van der Waals surface area contributed by atoms with Crippen molar-refractivity contribution >= 4 is 15.8 Å². The summed E-state index contributed by atoms with van der Waals surface area (Å²) in [5, 5.41) is 0. The molecule has 1 atom stereocenters. The number of aryl methyl sites for hydroxylation is 1. The number of carbonyl (C=O) groups is 1. The number of rotatable bonds is 3. The fourth-order valence-electron chi connectivity index (χ4n) is 3.81. The number of ether oxygens (including phenoxy) is 1. The molecule has 0 N–H and O–H groups in total. The normalized spacial score (nSPS) is 26.4. The van der Waals surface area contributed by atoms with Gasteiger partial charge in [-0.2, -0.15) is 0 Å². The van der Waals surface area contributed by atoms with Crippen LogP contribution in [0.15, 0.2) is 16.7 Å². The Hall–Kier alpha value is -1.34. The Balaban J connectivity index is 1.80. The minimum Gasteiger partial charge on any atom is -0.469 e. The van der Waals surface area contributed by atoms with E-state index in [0.29, 0.717) is 25.8 Å². The van der Waals surface area contributed by atoms with Crippen LogP contribution in [0.5, 0.6) is 0 Å². The number of likely N-dealkylation sites (tertiary alicyclic amines) is 1. The smallest absolute Gasteiger partial charge is 0.323 e. The maximum atomic E-state index is 12.2. The molecule has 0 bridgehead atoms. The van der Waals surface area contributed by atoms with Gasteiger partial charge in [0.2, 0.25) is 0 Å². The van der Waals surface area contributed by atoms with Gasteiger partial charge in [0.1, 0.15) is 21.6 Å². The SMILES string of the molecule is COC(=O)C1CC2(CCS(=O)(=O)CC2)CN1Cc1ccoc1C. The van der Waals surface area contributed by atoms with Gasteiger partial charge in [0, 0.05) is 18.7 Å². The minimum absolute atomic E-state index is 0.0954. The molecule has 1 unspecified atom stereocenters. The third-order valence-corrected chi connectivity index (χ3v) is 6.96. The lowest BCUT2D eigenvalue weighted by atomic mass is 9.80. The summed E-state index contributed by atoms with van der Waals surface area (Å²) < 4.78 is 33.8. The fourth-order valence-corrected chi connectivity index (χ4v) is 5.50. The summed E-state index contributed by atoms with van der Waals surface area (Å²) in [4.78, 5) is 14.3. The lowest BCUT2D eigenvalue weighted by Crippen LogP contribution is -2.37. The Kier molecular flexibility index (Phi) is 4.27. The number of esters is 1. The van der Waals surface area contributed by atoms with Crippen LogP contribution in [0.4, 0.5) is 0 Å². The van der Waals surface area contributed by atoms with Crippen molar-refractivity contribution in [1.82, 2.24) is 4.90 Å². The van der Waals surface area contributed by atoms with E-state index in [-0.39, 0.29) is 28.9 Å². The van der Waals surface area contributed by atoms with E-state index in [1.807, 2.05) is 13.0 Å².